The van der Waals surface area contributed by atoms with Crippen molar-refractivity contribution in [3.63, 3.8) is 0 Å². The lowest BCUT2D eigenvalue weighted by Crippen LogP contribution is -2.53. The molecule has 1 N–H and O–H groups in total. The minimum absolute atomic E-state index is 0.207. The van der Waals surface area contributed by atoms with Crippen LogP contribution in [0.3, 0.4) is 0 Å². The number of carbonyl (C=O) groups is 1. The Morgan fingerprint density at radius 1 is 1.65 bits per heavy atom. The predicted octanol–water partition coefficient (Wildman–Crippen LogP) is 0.392. The van der Waals surface area contributed by atoms with Crippen molar-refractivity contribution in [2.45, 2.75) is 18.4 Å². The monoisotopic (exact) mass is 234 g/mol. The number of carbonyl (C=O) groups excluding carboxylic acids is 1. The first-order chi connectivity index (χ1) is 8.15. The van der Waals surface area contributed by atoms with Gasteiger partial charge in [-0.2, -0.15) is 5.26 Å². The van der Waals surface area contributed by atoms with Gasteiger partial charge in [0.05, 0.1) is 6.07 Å². The van der Waals surface area contributed by atoms with Gasteiger partial charge in [0.15, 0.2) is 5.69 Å². The number of amides is 1. The Hall–Kier alpha value is -1.87. The highest BCUT2D eigenvalue weighted by atomic mass is 16.5. The van der Waals surface area contributed by atoms with Crippen LogP contribution in [0.1, 0.15) is 23.3 Å². The highest BCUT2D eigenvalue weighted by molar-refractivity contribution is 5.92. The maximum absolute atomic E-state index is 11.8. The van der Waals surface area contributed by atoms with Gasteiger partial charge in [-0.15, -0.1) is 0 Å². The molecule has 1 aliphatic rings. The van der Waals surface area contributed by atoms with Gasteiger partial charge in [0, 0.05) is 19.2 Å². The summed E-state index contributed by atoms with van der Waals surface area (Å²) in [6.07, 6.45) is 2.59. The minimum Gasteiger partial charge on any atom is -0.364 e. The average Bonchev–Trinajstić information content (AvgIpc) is 2.86. The third-order valence-electron chi connectivity index (χ3n) is 3.08. The molecule has 90 valence electrons. The second kappa shape index (κ2) is 4.55. The summed E-state index contributed by atoms with van der Waals surface area (Å²) in [5, 5.41) is 15.6. The van der Waals surface area contributed by atoms with Crippen molar-refractivity contribution >= 4 is 5.91 Å². The van der Waals surface area contributed by atoms with Crippen LogP contribution in [0.5, 0.6) is 0 Å². The van der Waals surface area contributed by atoms with Gasteiger partial charge in [0.2, 0.25) is 0 Å². The molecule has 1 aliphatic heterocycles. The molecule has 2 rings (SSSR count). The Morgan fingerprint density at radius 2 is 2.35 bits per heavy atom. The molecule has 6 nitrogen and oxygen atoms in total. The summed E-state index contributed by atoms with van der Waals surface area (Å²) in [7, 11) is 2.00. The minimum atomic E-state index is -0.775. The molecule has 0 saturated carbocycles. The van der Waals surface area contributed by atoms with E-state index in [-0.39, 0.29) is 11.6 Å². The Bertz CT molecular complexity index is 427. The first kappa shape index (κ1) is 11.6. The van der Waals surface area contributed by atoms with Crippen LogP contribution in [0.4, 0.5) is 0 Å². The predicted molar refractivity (Wildman–Crippen MR) is 59.0 cm³/mol. The molecule has 0 aromatic carbocycles. The van der Waals surface area contributed by atoms with Gasteiger partial charge in [-0.05, 0) is 19.9 Å². The van der Waals surface area contributed by atoms with Gasteiger partial charge < -0.3 is 14.7 Å². The lowest BCUT2D eigenvalue weighted by molar-refractivity contribution is 0.0873. The molecule has 0 aliphatic carbocycles. The summed E-state index contributed by atoms with van der Waals surface area (Å²) in [6.45, 7) is 1.60. The molecule has 0 unspecified atom stereocenters. The van der Waals surface area contributed by atoms with Gasteiger partial charge in [-0.1, -0.05) is 5.16 Å². The van der Waals surface area contributed by atoms with Gasteiger partial charge >= 0.3 is 0 Å². The number of rotatable bonds is 2. The normalized spacial score (nSPS) is 19.5. The zero-order valence-corrected chi connectivity index (χ0v) is 9.64. The zero-order valence-electron chi connectivity index (χ0n) is 9.64. The van der Waals surface area contributed by atoms with E-state index in [0.717, 1.165) is 13.1 Å². The van der Waals surface area contributed by atoms with Crippen molar-refractivity contribution in [2.75, 3.05) is 20.1 Å². The van der Waals surface area contributed by atoms with E-state index in [4.69, 9.17) is 0 Å². The van der Waals surface area contributed by atoms with E-state index in [1.165, 1.54) is 12.3 Å². The first-order valence-corrected chi connectivity index (χ1v) is 5.48. The molecule has 0 atom stereocenters. The highest BCUT2D eigenvalue weighted by Crippen LogP contribution is 2.21. The molecule has 1 saturated heterocycles. The van der Waals surface area contributed by atoms with Gasteiger partial charge in [0.1, 0.15) is 11.8 Å². The highest BCUT2D eigenvalue weighted by Gasteiger charge is 2.35. The third-order valence-corrected chi connectivity index (χ3v) is 3.08. The molecule has 0 spiro atoms. The van der Waals surface area contributed by atoms with Crippen molar-refractivity contribution in [2.24, 2.45) is 0 Å². The second-order valence-electron chi connectivity index (χ2n) is 4.34. The summed E-state index contributed by atoms with van der Waals surface area (Å²) in [5.41, 5.74) is -0.568. The van der Waals surface area contributed by atoms with Crippen LogP contribution in [-0.4, -0.2) is 41.6 Å². The number of aromatic nitrogens is 1. The van der Waals surface area contributed by atoms with Crippen molar-refractivity contribution in [1.82, 2.24) is 15.4 Å². The van der Waals surface area contributed by atoms with Crippen LogP contribution in [0.15, 0.2) is 16.9 Å². The lowest BCUT2D eigenvalue weighted by Gasteiger charge is -2.35. The molecule has 6 heteroatoms. The number of nitrogens with one attached hydrogen (secondary N) is 1. The topological polar surface area (TPSA) is 82.2 Å². The molecule has 2 heterocycles. The molecule has 0 bridgehead atoms. The van der Waals surface area contributed by atoms with E-state index in [0.29, 0.717) is 12.8 Å². The molecule has 1 aromatic heterocycles. The summed E-state index contributed by atoms with van der Waals surface area (Å²) >= 11 is 0. The summed E-state index contributed by atoms with van der Waals surface area (Å²) in [5.74, 6) is -0.357. The zero-order chi connectivity index (χ0) is 12.3. The number of hydrogen-bond donors (Lipinski definition) is 1. The molecule has 1 fully saturated rings. The van der Waals surface area contributed by atoms with Crippen molar-refractivity contribution in [3.05, 3.63) is 18.0 Å². The summed E-state index contributed by atoms with van der Waals surface area (Å²) in [6, 6.07) is 3.70. The fourth-order valence-corrected chi connectivity index (χ4v) is 1.88. The number of nitrogens with zero attached hydrogens (tertiary/aromatic N) is 3. The van der Waals surface area contributed by atoms with Crippen LogP contribution in [0, 0.1) is 11.3 Å². The summed E-state index contributed by atoms with van der Waals surface area (Å²) < 4.78 is 4.61. The lowest BCUT2D eigenvalue weighted by atomic mass is 9.89. The van der Waals surface area contributed by atoms with E-state index >= 15 is 0 Å². The summed E-state index contributed by atoms with van der Waals surface area (Å²) in [4.78, 5) is 14.0. The van der Waals surface area contributed by atoms with Crippen LogP contribution in [0.2, 0.25) is 0 Å². The molecule has 17 heavy (non-hydrogen) atoms. The van der Waals surface area contributed by atoms with E-state index < -0.39 is 5.54 Å². The second-order valence-corrected chi connectivity index (χ2v) is 4.34. The Morgan fingerprint density at radius 3 is 2.88 bits per heavy atom. The van der Waals surface area contributed by atoms with E-state index in [9.17, 15) is 10.1 Å². The third kappa shape index (κ3) is 2.45. The number of piperidine rings is 1. The molecular weight excluding hydrogens is 220 g/mol. The average molecular weight is 234 g/mol. The smallest absolute Gasteiger partial charge is 0.274 e. The maximum atomic E-state index is 11.8. The molecule has 0 radical (unpaired) electrons. The van der Waals surface area contributed by atoms with Gasteiger partial charge in [-0.25, -0.2) is 0 Å². The molecule has 1 amide bonds. The van der Waals surface area contributed by atoms with Crippen LogP contribution in [-0.2, 0) is 0 Å². The largest absolute Gasteiger partial charge is 0.364 e. The van der Waals surface area contributed by atoms with Crippen molar-refractivity contribution in [1.29, 1.82) is 5.26 Å². The van der Waals surface area contributed by atoms with E-state index in [2.05, 4.69) is 26.0 Å². The van der Waals surface area contributed by atoms with Gasteiger partial charge in [0.25, 0.3) is 5.91 Å². The Labute approximate surface area is 99.2 Å². The fraction of sp³-hybridized carbons (Fsp3) is 0.545. The van der Waals surface area contributed by atoms with Crippen molar-refractivity contribution < 1.29 is 9.32 Å². The maximum Gasteiger partial charge on any atom is 0.274 e. The number of nitriles is 1. The Balaban J connectivity index is 2.06. The SMILES string of the molecule is CN1CCC(C#N)(NC(=O)c2ccon2)CC1. The fourth-order valence-electron chi connectivity index (χ4n) is 1.88. The van der Waals surface area contributed by atoms with E-state index in [1.54, 1.807) is 0 Å². The van der Waals surface area contributed by atoms with Gasteiger partial charge in [-0.3, -0.25) is 4.79 Å². The Kier molecular flexibility index (Phi) is 3.11. The van der Waals surface area contributed by atoms with Crippen LogP contribution < -0.4 is 5.32 Å². The molecule has 1 aromatic rings. The first-order valence-electron chi connectivity index (χ1n) is 5.48. The quantitative estimate of drug-likeness (QED) is 0.800. The van der Waals surface area contributed by atoms with Crippen LogP contribution >= 0.6 is 0 Å². The van der Waals surface area contributed by atoms with Crippen molar-refractivity contribution in [3.8, 4) is 6.07 Å². The van der Waals surface area contributed by atoms with E-state index in [1.807, 2.05) is 7.05 Å². The standard InChI is InChI=1S/C11H14N4O2/c1-15-5-3-11(8-12,4-6-15)13-10(16)9-2-7-17-14-9/h2,7H,3-6H2,1H3,(H,13,16). The van der Waals surface area contributed by atoms with Crippen LogP contribution in [0.25, 0.3) is 0 Å². The molecular formula is C11H14N4O2. The number of hydrogen-bond acceptors (Lipinski definition) is 5. The number of likely N-dealkylation sites (tertiary alicyclic amines) is 1.